The molecule has 4 nitrogen and oxygen atoms in total. The van der Waals surface area contributed by atoms with Crippen molar-refractivity contribution in [2.75, 3.05) is 13.1 Å². The number of esters is 1. The molecule has 0 aromatic rings. The molecule has 2 fully saturated rings. The molecule has 0 amide bonds. The molecular formula is C10H18N2O2. The molecule has 2 bridgehead atoms. The zero-order valence-electron chi connectivity index (χ0n) is 9.02. The summed E-state index contributed by atoms with van der Waals surface area (Å²) in [5.74, 6) is -0.113. The first kappa shape index (κ1) is 9.93. The Morgan fingerprint density at radius 3 is 2.57 bits per heavy atom. The lowest BCUT2D eigenvalue weighted by molar-refractivity contribution is -0.161. The van der Waals surface area contributed by atoms with Crippen molar-refractivity contribution in [1.29, 1.82) is 0 Å². The average Bonchev–Trinajstić information content (AvgIpc) is 2.60. The van der Waals surface area contributed by atoms with E-state index in [-0.39, 0.29) is 5.97 Å². The van der Waals surface area contributed by atoms with Crippen LogP contribution in [0.5, 0.6) is 0 Å². The van der Waals surface area contributed by atoms with Gasteiger partial charge in [0.25, 0.3) is 0 Å². The topological polar surface area (TPSA) is 50.4 Å². The lowest BCUT2D eigenvalue weighted by atomic mass is 10.0. The fourth-order valence-corrected chi connectivity index (χ4v) is 2.08. The van der Waals surface area contributed by atoms with Crippen molar-refractivity contribution in [3.63, 3.8) is 0 Å². The summed E-state index contributed by atoms with van der Waals surface area (Å²) in [6.45, 7) is 7.27. The molecule has 0 aromatic heterocycles. The minimum absolute atomic E-state index is 0.113. The van der Waals surface area contributed by atoms with E-state index in [4.69, 9.17) is 4.74 Å². The van der Waals surface area contributed by atoms with E-state index in [1.807, 2.05) is 20.8 Å². The molecule has 4 heteroatoms. The van der Waals surface area contributed by atoms with Crippen molar-refractivity contribution in [3.8, 4) is 0 Å². The Morgan fingerprint density at radius 2 is 2.21 bits per heavy atom. The third-order valence-corrected chi connectivity index (χ3v) is 2.76. The van der Waals surface area contributed by atoms with Gasteiger partial charge in [0.05, 0.1) is 0 Å². The first-order valence-electron chi connectivity index (χ1n) is 5.13. The summed E-state index contributed by atoms with van der Waals surface area (Å²) in [6.07, 6.45) is 0.863. The molecule has 0 radical (unpaired) electrons. The van der Waals surface area contributed by atoms with Crippen LogP contribution in [0, 0.1) is 0 Å². The third-order valence-electron chi connectivity index (χ3n) is 2.76. The molecule has 2 saturated heterocycles. The van der Waals surface area contributed by atoms with Gasteiger partial charge in [0, 0.05) is 19.1 Å². The summed E-state index contributed by atoms with van der Waals surface area (Å²) in [7, 11) is 0. The highest BCUT2D eigenvalue weighted by Gasteiger charge is 2.52. The SMILES string of the molecule is CC(C)(C)OC(=O)[C@]12CN[C@H](CN1)C2. The van der Waals surface area contributed by atoms with E-state index >= 15 is 0 Å². The second-order valence-corrected chi connectivity index (χ2v) is 5.25. The second-order valence-electron chi connectivity index (χ2n) is 5.25. The molecule has 2 atom stereocenters. The maximum atomic E-state index is 11.9. The number of carbonyl (C=O) groups is 1. The Bertz CT molecular complexity index is 249. The van der Waals surface area contributed by atoms with Crippen molar-refractivity contribution >= 4 is 5.97 Å². The van der Waals surface area contributed by atoms with Crippen molar-refractivity contribution in [1.82, 2.24) is 10.6 Å². The minimum atomic E-state index is -0.446. The van der Waals surface area contributed by atoms with E-state index in [1.54, 1.807) is 0 Å². The van der Waals surface area contributed by atoms with Crippen molar-refractivity contribution in [2.45, 2.75) is 44.4 Å². The van der Waals surface area contributed by atoms with Gasteiger partial charge < -0.3 is 10.1 Å². The standard InChI is InChI=1S/C10H18N2O2/c1-9(2,3)14-8(13)10-4-7(5-12-10)11-6-10/h7,11-12H,4-6H2,1-3H3/t7-,10-/m0/s1. The molecule has 80 valence electrons. The van der Waals surface area contributed by atoms with Gasteiger partial charge in [-0.1, -0.05) is 0 Å². The third kappa shape index (κ3) is 1.64. The Labute approximate surface area is 84.4 Å². The lowest BCUT2D eigenvalue weighted by Gasteiger charge is -2.29. The number of rotatable bonds is 1. The smallest absolute Gasteiger partial charge is 0.328 e. The molecule has 2 N–H and O–H groups in total. The van der Waals surface area contributed by atoms with E-state index < -0.39 is 11.1 Å². The number of ether oxygens (including phenoxy) is 1. The summed E-state index contributed by atoms with van der Waals surface area (Å²) >= 11 is 0. The van der Waals surface area contributed by atoms with Gasteiger partial charge in [0.15, 0.2) is 0 Å². The summed E-state index contributed by atoms with van der Waals surface area (Å²) in [5, 5.41) is 6.56. The van der Waals surface area contributed by atoms with Crippen molar-refractivity contribution < 1.29 is 9.53 Å². The Hall–Kier alpha value is -0.610. The minimum Gasteiger partial charge on any atom is -0.459 e. The maximum Gasteiger partial charge on any atom is 0.328 e. The lowest BCUT2D eigenvalue weighted by Crippen LogP contribution is -2.56. The zero-order valence-corrected chi connectivity index (χ0v) is 9.02. The second kappa shape index (κ2) is 2.94. The van der Waals surface area contributed by atoms with Gasteiger partial charge in [-0.05, 0) is 27.2 Å². The summed E-state index contributed by atoms with van der Waals surface area (Å²) in [6, 6.07) is 0.447. The molecule has 2 rings (SSSR count). The highest BCUT2D eigenvalue weighted by atomic mass is 16.6. The Kier molecular flexibility index (Phi) is 2.08. The van der Waals surface area contributed by atoms with Crippen LogP contribution in [0.4, 0.5) is 0 Å². The summed E-state index contributed by atoms with van der Waals surface area (Å²) in [4.78, 5) is 11.9. The summed E-state index contributed by atoms with van der Waals surface area (Å²) < 4.78 is 5.40. The quantitative estimate of drug-likeness (QED) is 0.584. The maximum absolute atomic E-state index is 11.9. The van der Waals surface area contributed by atoms with Gasteiger partial charge >= 0.3 is 5.97 Å². The normalized spacial score (nSPS) is 36.1. The van der Waals surface area contributed by atoms with Crippen LogP contribution >= 0.6 is 0 Å². The van der Waals surface area contributed by atoms with Crippen LogP contribution in [0.2, 0.25) is 0 Å². The van der Waals surface area contributed by atoms with Gasteiger partial charge in [0.2, 0.25) is 0 Å². The first-order chi connectivity index (χ1) is 6.41. The van der Waals surface area contributed by atoms with Crippen LogP contribution in [-0.4, -0.2) is 36.2 Å². The van der Waals surface area contributed by atoms with Crippen molar-refractivity contribution in [2.24, 2.45) is 0 Å². The fourth-order valence-electron chi connectivity index (χ4n) is 2.08. The van der Waals surface area contributed by atoms with Crippen LogP contribution in [0.15, 0.2) is 0 Å². The molecule has 2 heterocycles. The van der Waals surface area contributed by atoms with E-state index in [2.05, 4.69) is 10.6 Å². The fraction of sp³-hybridized carbons (Fsp3) is 0.900. The Balaban J connectivity index is 2.04. The van der Waals surface area contributed by atoms with Gasteiger partial charge in [-0.3, -0.25) is 5.32 Å². The van der Waals surface area contributed by atoms with Crippen LogP contribution in [0.25, 0.3) is 0 Å². The van der Waals surface area contributed by atoms with Crippen molar-refractivity contribution in [3.05, 3.63) is 0 Å². The molecule has 2 aliphatic heterocycles. The molecular weight excluding hydrogens is 180 g/mol. The molecule has 0 aliphatic carbocycles. The molecule has 14 heavy (non-hydrogen) atoms. The number of fused-ring (bicyclic) bond motifs is 2. The molecule has 0 saturated carbocycles. The van der Waals surface area contributed by atoms with Crippen LogP contribution in [-0.2, 0) is 9.53 Å². The van der Waals surface area contributed by atoms with E-state index in [0.717, 1.165) is 13.0 Å². The Morgan fingerprint density at radius 1 is 1.50 bits per heavy atom. The van der Waals surface area contributed by atoms with Crippen LogP contribution < -0.4 is 10.6 Å². The highest BCUT2D eigenvalue weighted by Crippen LogP contribution is 2.28. The van der Waals surface area contributed by atoms with E-state index in [1.165, 1.54) is 0 Å². The van der Waals surface area contributed by atoms with Gasteiger partial charge in [-0.25, -0.2) is 4.79 Å². The van der Waals surface area contributed by atoms with Crippen LogP contribution in [0.3, 0.4) is 0 Å². The predicted octanol–water partition coefficient (Wildman–Crippen LogP) is 0.0320. The van der Waals surface area contributed by atoms with Gasteiger partial charge in [0.1, 0.15) is 11.1 Å². The predicted molar refractivity (Wildman–Crippen MR) is 53.0 cm³/mol. The molecule has 2 aliphatic rings. The number of piperazine rings is 1. The van der Waals surface area contributed by atoms with Crippen LogP contribution in [0.1, 0.15) is 27.2 Å². The van der Waals surface area contributed by atoms with E-state index in [9.17, 15) is 4.79 Å². The average molecular weight is 198 g/mol. The van der Waals surface area contributed by atoms with E-state index in [0.29, 0.717) is 12.6 Å². The van der Waals surface area contributed by atoms with Gasteiger partial charge in [-0.2, -0.15) is 0 Å². The number of hydrogen-bond acceptors (Lipinski definition) is 4. The molecule has 0 spiro atoms. The monoisotopic (exact) mass is 198 g/mol. The summed E-state index contributed by atoms with van der Waals surface area (Å²) in [5.41, 5.74) is -0.841. The first-order valence-corrected chi connectivity index (χ1v) is 5.13. The zero-order chi connectivity index (χ0) is 10.4. The molecule has 0 aromatic carbocycles. The highest BCUT2D eigenvalue weighted by molar-refractivity contribution is 5.83. The number of hydrogen-bond donors (Lipinski definition) is 2. The number of nitrogens with one attached hydrogen (secondary N) is 2. The van der Waals surface area contributed by atoms with Gasteiger partial charge in [-0.15, -0.1) is 0 Å². The number of carbonyl (C=O) groups excluding carboxylic acids is 1. The largest absolute Gasteiger partial charge is 0.459 e. The molecule has 0 unspecified atom stereocenters.